The van der Waals surface area contributed by atoms with Gasteiger partial charge in [0.2, 0.25) is 5.56 Å². The minimum atomic E-state index is -0.361. The average Bonchev–Trinajstić information content (AvgIpc) is 2.43. The number of halogens is 1. The first-order valence-electron chi connectivity index (χ1n) is 5.27. The van der Waals surface area contributed by atoms with Gasteiger partial charge in [0.15, 0.2) is 0 Å². The monoisotopic (exact) mass is 271 g/mol. The van der Waals surface area contributed by atoms with Crippen LogP contribution in [0.25, 0.3) is 5.57 Å². The normalized spacial score (nSPS) is 12.1. The summed E-state index contributed by atoms with van der Waals surface area (Å²) in [4.78, 5) is 13.8. The molecule has 0 aliphatic heterocycles. The zero-order chi connectivity index (χ0) is 14.4. The summed E-state index contributed by atoms with van der Waals surface area (Å²) in [5.41, 5.74) is 1.04. The van der Waals surface area contributed by atoms with E-state index < -0.39 is 0 Å². The van der Waals surface area contributed by atoms with Gasteiger partial charge in [0.1, 0.15) is 6.07 Å². The van der Waals surface area contributed by atoms with Gasteiger partial charge in [-0.15, -0.1) is 0 Å². The SMILES string of the molecule is C=C/C(Cl)=C\C(=C(/C)C#N)c1cc(=O)[nH]cc1C#N. The van der Waals surface area contributed by atoms with Gasteiger partial charge in [-0.2, -0.15) is 10.5 Å². The highest BCUT2D eigenvalue weighted by Gasteiger charge is 2.10. The molecule has 1 aromatic heterocycles. The fourth-order valence-electron chi connectivity index (χ4n) is 1.43. The highest BCUT2D eigenvalue weighted by atomic mass is 35.5. The molecule has 1 heterocycles. The Hall–Kier alpha value is -2.56. The van der Waals surface area contributed by atoms with Gasteiger partial charge in [0.25, 0.3) is 0 Å². The van der Waals surface area contributed by atoms with Crippen molar-refractivity contribution in [2.45, 2.75) is 6.92 Å². The molecule has 0 aliphatic carbocycles. The lowest BCUT2D eigenvalue weighted by molar-refractivity contribution is 1.21. The van der Waals surface area contributed by atoms with Crippen LogP contribution >= 0.6 is 11.6 Å². The van der Waals surface area contributed by atoms with Crippen LogP contribution in [0.4, 0.5) is 0 Å². The molecule has 0 spiro atoms. The van der Waals surface area contributed by atoms with E-state index in [1.54, 1.807) is 6.92 Å². The molecule has 94 valence electrons. The Labute approximate surface area is 115 Å². The Bertz CT molecular complexity index is 711. The predicted octanol–water partition coefficient (Wildman–Crippen LogP) is 2.85. The maximum Gasteiger partial charge on any atom is 0.248 e. The third-order valence-corrected chi connectivity index (χ3v) is 2.65. The number of nitriles is 2. The fourth-order valence-corrected chi connectivity index (χ4v) is 1.54. The van der Waals surface area contributed by atoms with Crippen LogP contribution in [0.3, 0.4) is 0 Å². The Kier molecular flexibility index (Phi) is 4.88. The van der Waals surface area contributed by atoms with Gasteiger partial charge < -0.3 is 4.98 Å². The number of hydrogen-bond donors (Lipinski definition) is 1. The average molecular weight is 272 g/mol. The van der Waals surface area contributed by atoms with Crippen molar-refractivity contribution in [3.63, 3.8) is 0 Å². The number of allylic oxidation sites excluding steroid dienone is 5. The molecule has 1 N–H and O–H groups in total. The molecular formula is C14H10ClN3O. The van der Waals surface area contributed by atoms with Crippen LogP contribution in [0.15, 0.2) is 46.4 Å². The topological polar surface area (TPSA) is 80.4 Å². The highest BCUT2D eigenvalue weighted by Crippen LogP contribution is 2.24. The standard InChI is InChI=1S/C14H10ClN3O/c1-3-11(15)4-12(9(2)6-16)13-5-14(19)18-8-10(13)7-17/h3-5,8H,1H2,2H3,(H,18,19)/b11-4+,12-9-. The molecule has 1 aromatic rings. The molecule has 0 saturated carbocycles. The molecule has 0 bridgehead atoms. The molecule has 0 aromatic carbocycles. The molecule has 0 aliphatic rings. The lowest BCUT2D eigenvalue weighted by Gasteiger charge is -2.06. The van der Waals surface area contributed by atoms with Crippen molar-refractivity contribution in [3.05, 3.63) is 63.1 Å². The Morgan fingerprint density at radius 2 is 2.21 bits per heavy atom. The molecule has 0 fully saturated rings. The van der Waals surface area contributed by atoms with Crippen LogP contribution in [0.2, 0.25) is 0 Å². The summed E-state index contributed by atoms with van der Waals surface area (Å²) in [7, 11) is 0. The lowest BCUT2D eigenvalue weighted by Crippen LogP contribution is -2.07. The summed E-state index contributed by atoms with van der Waals surface area (Å²) < 4.78 is 0. The van der Waals surface area contributed by atoms with E-state index in [1.807, 2.05) is 12.1 Å². The van der Waals surface area contributed by atoms with Crippen molar-refractivity contribution in [1.82, 2.24) is 4.98 Å². The van der Waals surface area contributed by atoms with E-state index in [1.165, 1.54) is 24.4 Å². The second kappa shape index (κ2) is 6.39. The first kappa shape index (κ1) is 14.5. The van der Waals surface area contributed by atoms with E-state index in [0.29, 0.717) is 21.7 Å². The number of nitrogens with one attached hydrogen (secondary N) is 1. The molecule has 19 heavy (non-hydrogen) atoms. The molecular weight excluding hydrogens is 262 g/mol. The zero-order valence-electron chi connectivity index (χ0n) is 10.2. The molecule has 0 unspecified atom stereocenters. The summed E-state index contributed by atoms with van der Waals surface area (Å²) in [6.07, 6.45) is 4.21. The number of H-pyrrole nitrogens is 1. The van der Waals surface area contributed by atoms with Gasteiger partial charge in [0, 0.05) is 28.4 Å². The van der Waals surface area contributed by atoms with Gasteiger partial charge in [-0.05, 0) is 18.6 Å². The first-order chi connectivity index (χ1) is 9.03. The van der Waals surface area contributed by atoms with Crippen molar-refractivity contribution < 1.29 is 0 Å². The summed E-state index contributed by atoms with van der Waals surface area (Å²) in [5, 5.41) is 18.4. The maximum absolute atomic E-state index is 11.4. The fraction of sp³-hybridized carbons (Fsp3) is 0.0714. The molecule has 5 heteroatoms. The van der Waals surface area contributed by atoms with E-state index in [0.717, 1.165) is 0 Å². The lowest BCUT2D eigenvalue weighted by atomic mass is 9.98. The van der Waals surface area contributed by atoms with Crippen LogP contribution < -0.4 is 5.56 Å². The van der Waals surface area contributed by atoms with Crippen LogP contribution in [-0.2, 0) is 0 Å². The third-order valence-electron chi connectivity index (χ3n) is 2.38. The number of aromatic nitrogens is 1. The van der Waals surface area contributed by atoms with Crippen molar-refractivity contribution in [2.24, 2.45) is 0 Å². The molecule has 0 amide bonds. The van der Waals surface area contributed by atoms with Crippen LogP contribution in [0.5, 0.6) is 0 Å². The Morgan fingerprint density at radius 3 is 2.74 bits per heavy atom. The first-order valence-corrected chi connectivity index (χ1v) is 5.65. The summed E-state index contributed by atoms with van der Waals surface area (Å²) in [5.74, 6) is 0. The second-order valence-corrected chi connectivity index (χ2v) is 4.06. The summed E-state index contributed by atoms with van der Waals surface area (Å²) in [6, 6.07) is 5.21. The van der Waals surface area contributed by atoms with E-state index in [4.69, 9.17) is 22.1 Å². The minimum absolute atomic E-state index is 0.258. The van der Waals surface area contributed by atoms with Gasteiger partial charge in [0.05, 0.1) is 11.6 Å². The number of pyridine rings is 1. The Balaban J connectivity index is 3.67. The third kappa shape index (κ3) is 3.45. The van der Waals surface area contributed by atoms with E-state index in [2.05, 4.69) is 11.6 Å². The second-order valence-electron chi connectivity index (χ2n) is 3.62. The number of aromatic amines is 1. The number of nitrogens with zero attached hydrogens (tertiary/aromatic N) is 2. The Morgan fingerprint density at radius 1 is 1.53 bits per heavy atom. The van der Waals surface area contributed by atoms with E-state index >= 15 is 0 Å². The van der Waals surface area contributed by atoms with Crippen LogP contribution in [-0.4, -0.2) is 4.98 Å². The van der Waals surface area contributed by atoms with Crippen molar-refractivity contribution in [1.29, 1.82) is 10.5 Å². The van der Waals surface area contributed by atoms with Gasteiger partial charge >= 0.3 is 0 Å². The molecule has 0 atom stereocenters. The summed E-state index contributed by atoms with van der Waals surface area (Å²) >= 11 is 5.88. The van der Waals surface area contributed by atoms with Crippen LogP contribution in [0.1, 0.15) is 18.1 Å². The summed E-state index contributed by atoms with van der Waals surface area (Å²) in [6.45, 7) is 5.10. The van der Waals surface area contributed by atoms with Crippen molar-refractivity contribution in [3.8, 4) is 12.1 Å². The minimum Gasteiger partial charge on any atom is -0.328 e. The van der Waals surface area contributed by atoms with Crippen LogP contribution in [0, 0.1) is 22.7 Å². The van der Waals surface area contributed by atoms with Crippen molar-refractivity contribution in [2.75, 3.05) is 0 Å². The molecule has 1 rings (SSSR count). The maximum atomic E-state index is 11.4. The van der Waals surface area contributed by atoms with Gasteiger partial charge in [-0.3, -0.25) is 4.79 Å². The molecule has 0 radical (unpaired) electrons. The van der Waals surface area contributed by atoms with Gasteiger partial charge in [-0.25, -0.2) is 0 Å². The number of hydrogen-bond acceptors (Lipinski definition) is 3. The highest BCUT2D eigenvalue weighted by molar-refractivity contribution is 6.31. The molecule has 4 nitrogen and oxygen atoms in total. The number of rotatable bonds is 3. The smallest absolute Gasteiger partial charge is 0.248 e. The predicted molar refractivity (Wildman–Crippen MR) is 74.1 cm³/mol. The van der Waals surface area contributed by atoms with E-state index in [-0.39, 0.29) is 11.1 Å². The quantitative estimate of drug-likeness (QED) is 0.678. The van der Waals surface area contributed by atoms with E-state index in [9.17, 15) is 4.79 Å². The van der Waals surface area contributed by atoms with Gasteiger partial charge in [-0.1, -0.05) is 24.3 Å². The largest absolute Gasteiger partial charge is 0.328 e. The molecule has 0 saturated heterocycles. The zero-order valence-corrected chi connectivity index (χ0v) is 11.0. The van der Waals surface area contributed by atoms with Crippen molar-refractivity contribution >= 4 is 17.2 Å².